The quantitative estimate of drug-likeness (QED) is 0.681. The van der Waals surface area contributed by atoms with Crippen LogP contribution in [0.3, 0.4) is 0 Å². The van der Waals surface area contributed by atoms with Gasteiger partial charge in [0.1, 0.15) is 0 Å². The average Bonchev–Trinajstić information content (AvgIpc) is 2.52. The molecular weight excluding hydrogens is 265 g/mol. The standard InChI is InChI=1S/C16H18BNO3/c19-16(18-12-14-4-2-1-3-5-14)11-8-13-6-9-15(10-7-13)17(20)21/h1-7,9-10,20-21H,8,11-12H2,(H,18,19). The Morgan fingerprint density at radius 2 is 1.62 bits per heavy atom. The molecule has 0 atom stereocenters. The SMILES string of the molecule is O=C(CCc1ccc(B(O)O)cc1)NCc1ccccc1. The fourth-order valence-corrected chi connectivity index (χ4v) is 2.00. The van der Waals surface area contributed by atoms with Gasteiger partial charge in [0.2, 0.25) is 5.91 Å². The minimum atomic E-state index is -1.45. The largest absolute Gasteiger partial charge is 0.488 e. The summed E-state index contributed by atoms with van der Waals surface area (Å²) in [4.78, 5) is 11.8. The van der Waals surface area contributed by atoms with E-state index in [0.29, 0.717) is 24.8 Å². The molecule has 0 radical (unpaired) electrons. The maximum Gasteiger partial charge on any atom is 0.488 e. The molecule has 0 aliphatic rings. The maximum absolute atomic E-state index is 11.8. The van der Waals surface area contributed by atoms with Gasteiger partial charge in [-0.25, -0.2) is 0 Å². The predicted molar refractivity (Wildman–Crippen MR) is 82.9 cm³/mol. The summed E-state index contributed by atoms with van der Waals surface area (Å²) in [6.45, 7) is 0.537. The molecule has 0 aliphatic carbocycles. The van der Waals surface area contributed by atoms with E-state index < -0.39 is 7.12 Å². The molecule has 2 aromatic carbocycles. The van der Waals surface area contributed by atoms with Crippen LogP contribution in [-0.4, -0.2) is 23.1 Å². The summed E-state index contributed by atoms with van der Waals surface area (Å²) in [7, 11) is -1.45. The molecule has 1 amide bonds. The molecule has 0 heterocycles. The zero-order valence-corrected chi connectivity index (χ0v) is 11.7. The number of rotatable bonds is 6. The highest BCUT2D eigenvalue weighted by atomic mass is 16.4. The fourth-order valence-electron chi connectivity index (χ4n) is 2.00. The first-order valence-corrected chi connectivity index (χ1v) is 6.91. The van der Waals surface area contributed by atoms with E-state index in [2.05, 4.69) is 5.32 Å². The zero-order valence-electron chi connectivity index (χ0n) is 11.7. The lowest BCUT2D eigenvalue weighted by Crippen LogP contribution is -2.29. The van der Waals surface area contributed by atoms with Gasteiger partial charge in [0.25, 0.3) is 0 Å². The fraction of sp³-hybridized carbons (Fsp3) is 0.188. The van der Waals surface area contributed by atoms with Crippen molar-refractivity contribution in [1.29, 1.82) is 0 Å². The van der Waals surface area contributed by atoms with Crippen LogP contribution in [0, 0.1) is 0 Å². The number of carbonyl (C=O) groups is 1. The van der Waals surface area contributed by atoms with Gasteiger partial charge in [-0.15, -0.1) is 0 Å². The highest BCUT2D eigenvalue weighted by Gasteiger charge is 2.10. The van der Waals surface area contributed by atoms with E-state index in [-0.39, 0.29) is 5.91 Å². The Morgan fingerprint density at radius 1 is 0.952 bits per heavy atom. The molecule has 5 heteroatoms. The minimum Gasteiger partial charge on any atom is -0.423 e. The van der Waals surface area contributed by atoms with Crippen LogP contribution in [-0.2, 0) is 17.8 Å². The summed E-state index contributed by atoms with van der Waals surface area (Å²) in [5, 5.41) is 20.9. The van der Waals surface area contributed by atoms with Gasteiger partial charge in [0, 0.05) is 13.0 Å². The van der Waals surface area contributed by atoms with Crippen molar-refractivity contribution in [3.8, 4) is 0 Å². The molecule has 21 heavy (non-hydrogen) atoms. The summed E-state index contributed by atoms with van der Waals surface area (Å²) < 4.78 is 0. The second-order valence-corrected chi connectivity index (χ2v) is 4.88. The summed E-state index contributed by atoms with van der Waals surface area (Å²) in [6.07, 6.45) is 1.04. The Kier molecular flexibility index (Phi) is 5.55. The molecule has 108 valence electrons. The van der Waals surface area contributed by atoms with E-state index in [1.807, 2.05) is 30.3 Å². The Hall–Kier alpha value is -2.11. The number of benzene rings is 2. The van der Waals surface area contributed by atoms with Crippen LogP contribution in [0.15, 0.2) is 54.6 Å². The lowest BCUT2D eigenvalue weighted by Gasteiger charge is -2.06. The van der Waals surface area contributed by atoms with Gasteiger partial charge in [-0.2, -0.15) is 0 Å². The van der Waals surface area contributed by atoms with Gasteiger partial charge in [0.05, 0.1) is 0 Å². The van der Waals surface area contributed by atoms with Crippen molar-refractivity contribution >= 4 is 18.5 Å². The number of nitrogens with one attached hydrogen (secondary N) is 1. The maximum atomic E-state index is 11.8. The molecule has 0 bridgehead atoms. The third-order valence-electron chi connectivity index (χ3n) is 3.25. The smallest absolute Gasteiger partial charge is 0.423 e. The van der Waals surface area contributed by atoms with Gasteiger partial charge in [-0.05, 0) is 23.0 Å². The van der Waals surface area contributed by atoms with Gasteiger partial charge in [-0.1, -0.05) is 54.6 Å². The third-order valence-corrected chi connectivity index (χ3v) is 3.25. The van der Waals surface area contributed by atoms with E-state index in [4.69, 9.17) is 10.0 Å². The molecule has 3 N–H and O–H groups in total. The van der Waals surface area contributed by atoms with Crippen molar-refractivity contribution in [3.05, 3.63) is 65.7 Å². The van der Waals surface area contributed by atoms with Crippen molar-refractivity contribution in [1.82, 2.24) is 5.32 Å². The second kappa shape index (κ2) is 7.62. The molecule has 0 aromatic heterocycles. The molecule has 0 unspecified atom stereocenters. The van der Waals surface area contributed by atoms with Crippen molar-refractivity contribution in [2.45, 2.75) is 19.4 Å². The molecular formula is C16H18BNO3. The molecule has 2 aromatic rings. The number of amides is 1. The molecule has 0 spiro atoms. The molecule has 4 nitrogen and oxygen atoms in total. The summed E-state index contributed by atoms with van der Waals surface area (Å²) >= 11 is 0. The van der Waals surface area contributed by atoms with Crippen LogP contribution in [0.4, 0.5) is 0 Å². The average molecular weight is 283 g/mol. The number of aryl methyl sites for hydroxylation is 1. The number of hydrogen-bond donors (Lipinski definition) is 3. The van der Waals surface area contributed by atoms with E-state index in [0.717, 1.165) is 11.1 Å². The Morgan fingerprint density at radius 3 is 2.24 bits per heavy atom. The number of carbonyl (C=O) groups excluding carboxylic acids is 1. The lowest BCUT2D eigenvalue weighted by molar-refractivity contribution is -0.121. The van der Waals surface area contributed by atoms with Crippen LogP contribution in [0.1, 0.15) is 17.5 Å². The highest BCUT2D eigenvalue weighted by Crippen LogP contribution is 2.03. The van der Waals surface area contributed by atoms with Crippen molar-refractivity contribution in [2.75, 3.05) is 0 Å². The van der Waals surface area contributed by atoms with Crippen LogP contribution in [0.5, 0.6) is 0 Å². The predicted octanol–water partition coefficient (Wildman–Crippen LogP) is 0.615. The van der Waals surface area contributed by atoms with E-state index in [1.165, 1.54) is 0 Å². The molecule has 0 fully saturated rings. The van der Waals surface area contributed by atoms with Gasteiger partial charge in [-0.3, -0.25) is 4.79 Å². The molecule has 0 saturated heterocycles. The third kappa shape index (κ3) is 5.06. The van der Waals surface area contributed by atoms with Crippen LogP contribution in [0.25, 0.3) is 0 Å². The Balaban J connectivity index is 1.76. The topological polar surface area (TPSA) is 69.6 Å². The van der Waals surface area contributed by atoms with Crippen molar-refractivity contribution < 1.29 is 14.8 Å². The summed E-state index contributed by atoms with van der Waals surface area (Å²) in [5.74, 6) is 0.00474. The lowest BCUT2D eigenvalue weighted by atomic mass is 9.80. The summed E-state index contributed by atoms with van der Waals surface area (Å²) in [5.41, 5.74) is 2.52. The highest BCUT2D eigenvalue weighted by molar-refractivity contribution is 6.58. The molecule has 2 rings (SSSR count). The van der Waals surface area contributed by atoms with Gasteiger partial charge >= 0.3 is 7.12 Å². The van der Waals surface area contributed by atoms with E-state index in [1.54, 1.807) is 24.3 Å². The van der Waals surface area contributed by atoms with Crippen LogP contribution >= 0.6 is 0 Å². The molecule has 0 aliphatic heterocycles. The van der Waals surface area contributed by atoms with Crippen LogP contribution < -0.4 is 10.8 Å². The minimum absolute atomic E-state index is 0.00474. The number of hydrogen-bond acceptors (Lipinski definition) is 3. The molecule has 0 saturated carbocycles. The second-order valence-electron chi connectivity index (χ2n) is 4.88. The first-order valence-electron chi connectivity index (χ1n) is 6.91. The first-order chi connectivity index (χ1) is 10.1. The first kappa shape index (κ1) is 15.3. The van der Waals surface area contributed by atoms with Crippen molar-refractivity contribution in [2.24, 2.45) is 0 Å². The van der Waals surface area contributed by atoms with Crippen LogP contribution in [0.2, 0.25) is 0 Å². The monoisotopic (exact) mass is 283 g/mol. The van der Waals surface area contributed by atoms with Gasteiger partial charge < -0.3 is 15.4 Å². The van der Waals surface area contributed by atoms with Gasteiger partial charge in [0.15, 0.2) is 0 Å². The van der Waals surface area contributed by atoms with Crippen molar-refractivity contribution in [3.63, 3.8) is 0 Å². The van der Waals surface area contributed by atoms with E-state index in [9.17, 15) is 4.79 Å². The zero-order chi connectivity index (χ0) is 15.1. The summed E-state index contributed by atoms with van der Waals surface area (Å²) in [6, 6.07) is 16.7. The van der Waals surface area contributed by atoms with E-state index >= 15 is 0 Å². The normalized spacial score (nSPS) is 10.2. The Bertz CT molecular complexity index is 570. The Labute approximate surface area is 124 Å².